The molecule has 1 saturated carbocycles. The molecule has 21 heavy (non-hydrogen) atoms. The van der Waals surface area contributed by atoms with Crippen LogP contribution in [0.1, 0.15) is 12.8 Å². The minimum atomic E-state index is -4.71. The first-order chi connectivity index (χ1) is 9.83. The fraction of sp³-hybridized carbons (Fsp3) is 0.400. The summed E-state index contributed by atoms with van der Waals surface area (Å²) in [5.74, 6) is -0.00527. The van der Waals surface area contributed by atoms with Crippen molar-refractivity contribution >= 4 is 11.6 Å². The number of ether oxygens (including phenoxy) is 1. The van der Waals surface area contributed by atoms with Crippen molar-refractivity contribution in [1.82, 2.24) is 0 Å². The van der Waals surface area contributed by atoms with Crippen LogP contribution in [-0.2, 0) is 4.79 Å². The molecule has 1 heterocycles. The average molecular weight is 297 g/mol. The molecule has 0 N–H and O–H groups in total. The third-order valence-electron chi connectivity index (χ3n) is 4.01. The number of allylic oxidation sites excluding steroid dienone is 1. The van der Waals surface area contributed by atoms with E-state index in [-0.39, 0.29) is 23.5 Å². The van der Waals surface area contributed by atoms with Crippen LogP contribution in [0.15, 0.2) is 36.4 Å². The van der Waals surface area contributed by atoms with Gasteiger partial charge in [0.25, 0.3) is 0 Å². The summed E-state index contributed by atoms with van der Waals surface area (Å²) in [6.07, 6.45) is -3.14. The van der Waals surface area contributed by atoms with Gasteiger partial charge in [-0.1, -0.05) is 12.2 Å². The zero-order chi connectivity index (χ0) is 15.2. The third-order valence-corrected chi connectivity index (χ3v) is 4.01. The van der Waals surface area contributed by atoms with Crippen molar-refractivity contribution < 1.29 is 22.7 Å². The highest BCUT2D eigenvalue weighted by Gasteiger charge is 2.44. The third kappa shape index (κ3) is 2.75. The highest BCUT2D eigenvalue weighted by atomic mass is 19.4. The number of halogens is 3. The molecular formula is C15H14F3NO2. The Labute approximate surface area is 120 Å². The van der Waals surface area contributed by atoms with E-state index in [1.807, 2.05) is 0 Å². The molecule has 6 heteroatoms. The van der Waals surface area contributed by atoms with Gasteiger partial charge in [-0.05, 0) is 43.0 Å². The smallest absolute Gasteiger partial charge is 0.406 e. The van der Waals surface area contributed by atoms with Crippen molar-refractivity contribution in [2.24, 2.45) is 11.8 Å². The van der Waals surface area contributed by atoms with Crippen molar-refractivity contribution in [1.29, 1.82) is 0 Å². The molecule has 1 aliphatic heterocycles. The number of alkyl halides is 3. The lowest BCUT2D eigenvalue weighted by Crippen LogP contribution is -2.27. The molecule has 1 aliphatic carbocycles. The summed E-state index contributed by atoms with van der Waals surface area (Å²) in [7, 11) is 0. The first kappa shape index (κ1) is 14.0. The molecule has 1 amide bonds. The summed E-state index contributed by atoms with van der Waals surface area (Å²) >= 11 is 0. The summed E-state index contributed by atoms with van der Waals surface area (Å²) in [5, 5.41) is 0. The van der Waals surface area contributed by atoms with Gasteiger partial charge < -0.3 is 9.64 Å². The number of amides is 1. The lowest BCUT2D eigenvalue weighted by atomic mass is 10.0. The molecule has 3 rings (SSSR count). The minimum Gasteiger partial charge on any atom is -0.406 e. The van der Waals surface area contributed by atoms with Crippen LogP contribution < -0.4 is 9.64 Å². The second kappa shape index (κ2) is 4.79. The standard InChI is InChI=1S/C15H14F3NO2/c1-9-6-10-8-19(14(20)13(10)7-9)11-2-4-12(5-3-11)21-15(16,17)18/h2-5,10,13H,1,6-8H2. The van der Waals surface area contributed by atoms with Gasteiger partial charge in [0, 0.05) is 18.2 Å². The van der Waals surface area contributed by atoms with Gasteiger partial charge in [0.15, 0.2) is 0 Å². The molecule has 2 fully saturated rings. The summed E-state index contributed by atoms with van der Waals surface area (Å²) in [6, 6.07) is 5.41. The highest BCUT2D eigenvalue weighted by Crippen LogP contribution is 2.42. The van der Waals surface area contributed by atoms with E-state index < -0.39 is 6.36 Å². The van der Waals surface area contributed by atoms with Crippen molar-refractivity contribution in [2.45, 2.75) is 19.2 Å². The summed E-state index contributed by atoms with van der Waals surface area (Å²) in [5.41, 5.74) is 1.71. The quantitative estimate of drug-likeness (QED) is 0.782. The van der Waals surface area contributed by atoms with Crippen LogP contribution >= 0.6 is 0 Å². The topological polar surface area (TPSA) is 29.5 Å². The molecule has 1 aromatic rings. The summed E-state index contributed by atoms with van der Waals surface area (Å²) in [6.45, 7) is 4.52. The Kier molecular flexibility index (Phi) is 3.19. The number of nitrogens with zero attached hydrogens (tertiary/aromatic N) is 1. The van der Waals surface area contributed by atoms with Gasteiger partial charge in [-0.2, -0.15) is 0 Å². The van der Waals surface area contributed by atoms with E-state index >= 15 is 0 Å². The van der Waals surface area contributed by atoms with Gasteiger partial charge in [0.1, 0.15) is 5.75 Å². The molecule has 0 bridgehead atoms. The normalized spacial score (nSPS) is 25.4. The predicted molar refractivity (Wildman–Crippen MR) is 70.8 cm³/mol. The number of carbonyl (C=O) groups is 1. The lowest BCUT2D eigenvalue weighted by molar-refractivity contribution is -0.274. The van der Waals surface area contributed by atoms with Gasteiger partial charge in [-0.15, -0.1) is 13.2 Å². The first-order valence-electron chi connectivity index (χ1n) is 6.67. The van der Waals surface area contributed by atoms with Crippen LogP contribution in [0.5, 0.6) is 5.75 Å². The highest BCUT2D eigenvalue weighted by molar-refractivity contribution is 5.98. The fourth-order valence-electron chi connectivity index (χ4n) is 3.14. The van der Waals surface area contributed by atoms with Crippen LogP contribution in [0.2, 0.25) is 0 Å². The van der Waals surface area contributed by atoms with Crippen molar-refractivity contribution in [3.05, 3.63) is 36.4 Å². The number of benzene rings is 1. The van der Waals surface area contributed by atoms with E-state index in [2.05, 4.69) is 11.3 Å². The van der Waals surface area contributed by atoms with E-state index in [0.29, 0.717) is 12.2 Å². The molecule has 1 saturated heterocycles. The van der Waals surface area contributed by atoms with E-state index in [1.54, 1.807) is 4.90 Å². The SMILES string of the molecule is C=C1CC2CN(c3ccc(OC(F)(F)F)cc3)C(=O)C2C1. The molecule has 2 aliphatic rings. The number of carbonyl (C=O) groups excluding carboxylic acids is 1. The Morgan fingerprint density at radius 2 is 1.86 bits per heavy atom. The Bertz CT molecular complexity index is 580. The van der Waals surface area contributed by atoms with Crippen molar-refractivity contribution in [2.75, 3.05) is 11.4 Å². The van der Waals surface area contributed by atoms with E-state index in [4.69, 9.17) is 0 Å². The van der Waals surface area contributed by atoms with E-state index in [0.717, 1.165) is 18.4 Å². The average Bonchev–Trinajstić information content (AvgIpc) is 2.87. The van der Waals surface area contributed by atoms with Crippen LogP contribution in [0.25, 0.3) is 0 Å². The van der Waals surface area contributed by atoms with Gasteiger partial charge in [-0.3, -0.25) is 4.79 Å². The van der Waals surface area contributed by atoms with Crippen LogP contribution in [0.4, 0.5) is 18.9 Å². The summed E-state index contributed by atoms with van der Waals surface area (Å²) in [4.78, 5) is 14.0. The van der Waals surface area contributed by atoms with E-state index in [1.165, 1.54) is 24.3 Å². The molecule has 0 spiro atoms. The zero-order valence-electron chi connectivity index (χ0n) is 11.2. The molecule has 2 unspecified atom stereocenters. The molecule has 3 nitrogen and oxygen atoms in total. The number of anilines is 1. The monoisotopic (exact) mass is 297 g/mol. The minimum absolute atomic E-state index is 0.0244. The van der Waals surface area contributed by atoms with Gasteiger partial charge in [-0.25, -0.2) is 0 Å². The Balaban J connectivity index is 1.74. The first-order valence-corrected chi connectivity index (χ1v) is 6.67. The van der Waals surface area contributed by atoms with Crippen molar-refractivity contribution in [3.8, 4) is 5.75 Å². The fourth-order valence-corrected chi connectivity index (χ4v) is 3.14. The Morgan fingerprint density at radius 3 is 2.43 bits per heavy atom. The number of hydrogen-bond acceptors (Lipinski definition) is 2. The Hall–Kier alpha value is -1.98. The Morgan fingerprint density at radius 1 is 1.19 bits per heavy atom. The number of fused-ring (bicyclic) bond motifs is 1. The predicted octanol–water partition coefficient (Wildman–Crippen LogP) is 3.51. The van der Waals surface area contributed by atoms with Crippen LogP contribution in [0.3, 0.4) is 0 Å². The number of hydrogen-bond donors (Lipinski definition) is 0. The molecule has 1 aromatic carbocycles. The largest absolute Gasteiger partial charge is 0.573 e. The van der Waals surface area contributed by atoms with Crippen LogP contribution in [-0.4, -0.2) is 18.8 Å². The zero-order valence-corrected chi connectivity index (χ0v) is 11.2. The lowest BCUT2D eigenvalue weighted by Gasteiger charge is -2.18. The summed E-state index contributed by atoms with van der Waals surface area (Å²) < 4.78 is 40.1. The van der Waals surface area contributed by atoms with Gasteiger partial charge >= 0.3 is 6.36 Å². The second-order valence-corrected chi connectivity index (χ2v) is 5.52. The molecule has 2 atom stereocenters. The molecular weight excluding hydrogens is 283 g/mol. The number of rotatable bonds is 2. The van der Waals surface area contributed by atoms with E-state index in [9.17, 15) is 18.0 Å². The second-order valence-electron chi connectivity index (χ2n) is 5.52. The van der Waals surface area contributed by atoms with Crippen LogP contribution in [0, 0.1) is 11.8 Å². The maximum atomic E-state index is 12.3. The molecule has 0 aromatic heterocycles. The molecule has 112 valence electrons. The maximum Gasteiger partial charge on any atom is 0.573 e. The molecule has 0 radical (unpaired) electrons. The van der Waals surface area contributed by atoms with Gasteiger partial charge in [0.05, 0.1) is 0 Å². The van der Waals surface area contributed by atoms with Gasteiger partial charge in [0.2, 0.25) is 5.91 Å². The maximum absolute atomic E-state index is 12.3. The van der Waals surface area contributed by atoms with Crippen molar-refractivity contribution in [3.63, 3.8) is 0 Å².